The molecule has 2 rings (SSSR count). The van der Waals surface area contributed by atoms with Crippen molar-refractivity contribution in [3.8, 4) is 0 Å². The molecule has 0 saturated carbocycles. The lowest BCUT2D eigenvalue weighted by atomic mass is 9.74. The van der Waals surface area contributed by atoms with E-state index < -0.39 is 6.17 Å². The zero-order valence-electron chi connectivity index (χ0n) is 10.0. The predicted molar refractivity (Wildman–Crippen MR) is 58.6 cm³/mol. The van der Waals surface area contributed by atoms with Crippen LogP contribution in [0.25, 0.3) is 0 Å². The smallest absolute Gasteiger partial charge is 0.116 e. The Morgan fingerprint density at radius 1 is 1.27 bits per heavy atom. The third-order valence-corrected chi connectivity index (χ3v) is 3.82. The Morgan fingerprint density at radius 2 is 1.93 bits per heavy atom. The van der Waals surface area contributed by atoms with E-state index in [4.69, 9.17) is 4.74 Å². The Hall–Kier alpha value is -0.150. The quantitative estimate of drug-likeness (QED) is 0.664. The second-order valence-corrected chi connectivity index (χ2v) is 5.96. The number of alkyl halides is 1. The molecule has 3 heteroatoms. The van der Waals surface area contributed by atoms with Gasteiger partial charge in [-0.3, -0.25) is 4.90 Å². The Kier molecular flexibility index (Phi) is 3.04. The summed E-state index contributed by atoms with van der Waals surface area (Å²) in [4.78, 5) is 2.26. The highest BCUT2D eigenvalue weighted by molar-refractivity contribution is 4.90. The summed E-state index contributed by atoms with van der Waals surface area (Å²) in [6.45, 7) is 9.68. The van der Waals surface area contributed by atoms with Crippen molar-refractivity contribution in [1.82, 2.24) is 4.90 Å². The standard InChI is InChI=1S/C12H22FNO/c1-12(2,3)10-4-5-14(6-11(10)13)9-7-15-8-9/h9-11H,4-8H2,1-3H3. The minimum atomic E-state index is -0.667. The average Bonchev–Trinajstić information content (AvgIpc) is 1.97. The zero-order valence-corrected chi connectivity index (χ0v) is 10.0. The van der Waals surface area contributed by atoms with Gasteiger partial charge < -0.3 is 4.74 Å². The number of halogens is 1. The van der Waals surface area contributed by atoms with Gasteiger partial charge in [-0.15, -0.1) is 0 Å². The van der Waals surface area contributed by atoms with E-state index in [1.54, 1.807) is 0 Å². The minimum Gasteiger partial charge on any atom is -0.378 e. The first-order valence-corrected chi connectivity index (χ1v) is 5.94. The van der Waals surface area contributed by atoms with Crippen molar-refractivity contribution in [3.63, 3.8) is 0 Å². The number of piperidine rings is 1. The van der Waals surface area contributed by atoms with E-state index in [1.807, 2.05) is 0 Å². The molecule has 2 saturated heterocycles. The van der Waals surface area contributed by atoms with Crippen molar-refractivity contribution in [1.29, 1.82) is 0 Å². The number of nitrogens with zero attached hydrogens (tertiary/aromatic N) is 1. The fourth-order valence-corrected chi connectivity index (χ4v) is 2.67. The maximum atomic E-state index is 14.0. The van der Waals surface area contributed by atoms with Crippen LogP contribution < -0.4 is 0 Å². The first kappa shape index (κ1) is 11.3. The molecule has 0 aromatic carbocycles. The molecular weight excluding hydrogens is 193 g/mol. The molecule has 2 atom stereocenters. The van der Waals surface area contributed by atoms with Crippen LogP contribution in [0.5, 0.6) is 0 Å². The van der Waals surface area contributed by atoms with Crippen LogP contribution in [-0.4, -0.2) is 43.4 Å². The lowest BCUT2D eigenvalue weighted by Gasteiger charge is -2.45. The summed E-state index contributed by atoms with van der Waals surface area (Å²) in [6.07, 6.45) is 0.320. The van der Waals surface area contributed by atoms with Crippen LogP contribution in [-0.2, 0) is 4.74 Å². The highest BCUT2D eigenvalue weighted by Crippen LogP contribution is 2.36. The Bertz CT molecular complexity index is 222. The van der Waals surface area contributed by atoms with Gasteiger partial charge in [0.05, 0.1) is 19.3 Å². The SMILES string of the molecule is CC(C)(C)C1CCN(C2COC2)CC1F. The molecule has 2 unspecified atom stereocenters. The summed E-state index contributed by atoms with van der Waals surface area (Å²) in [7, 11) is 0. The lowest BCUT2D eigenvalue weighted by molar-refractivity contribution is -0.0934. The molecule has 0 N–H and O–H groups in total. The average molecular weight is 215 g/mol. The van der Waals surface area contributed by atoms with Crippen LogP contribution in [0.3, 0.4) is 0 Å². The molecule has 2 fully saturated rings. The molecule has 0 spiro atoms. The Balaban J connectivity index is 1.90. The number of ether oxygens (including phenoxy) is 1. The minimum absolute atomic E-state index is 0.0988. The lowest BCUT2D eigenvalue weighted by Crippen LogP contribution is -2.56. The molecule has 2 aliphatic heterocycles. The van der Waals surface area contributed by atoms with E-state index in [9.17, 15) is 4.39 Å². The third-order valence-electron chi connectivity index (χ3n) is 3.82. The van der Waals surface area contributed by atoms with Gasteiger partial charge in [-0.25, -0.2) is 4.39 Å². The molecule has 0 bridgehead atoms. The maximum Gasteiger partial charge on any atom is 0.116 e. The molecule has 0 amide bonds. The summed E-state index contributed by atoms with van der Waals surface area (Å²) in [6, 6.07) is 0.490. The molecule has 2 aliphatic rings. The molecule has 0 aromatic heterocycles. The van der Waals surface area contributed by atoms with Crippen LogP contribution in [0.15, 0.2) is 0 Å². The molecule has 2 heterocycles. The van der Waals surface area contributed by atoms with Gasteiger partial charge >= 0.3 is 0 Å². The van der Waals surface area contributed by atoms with Crippen molar-refractivity contribution in [2.24, 2.45) is 11.3 Å². The molecule has 0 aliphatic carbocycles. The molecule has 88 valence electrons. The van der Waals surface area contributed by atoms with Gasteiger partial charge in [0, 0.05) is 6.54 Å². The van der Waals surface area contributed by atoms with E-state index in [0.717, 1.165) is 26.2 Å². The predicted octanol–water partition coefficient (Wildman–Crippen LogP) is 2.09. The third kappa shape index (κ3) is 2.34. The first-order valence-electron chi connectivity index (χ1n) is 5.94. The first-order chi connectivity index (χ1) is 6.98. The van der Waals surface area contributed by atoms with Crippen molar-refractivity contribution >= 4 is 0 Å². The molecular formula is C12H22FNO. The van der Waals surface area contributed by atoms with Crippen LogP contribution in [0, 0.1) is 11.3 Å². The Labute approximate surface area is 91.8 Å². The highest BCUT2D eigenvalue weighted by Gasteiger charge is 2.39. The zero-order chi connectivity index (χ0) is 11.1. The molecule has 0 aromatic rings. The van der Waals surface area contributed by atoms with Crippen LogP contribution in [0.1, 0.15) is 27.2 Å². The number of hydrogen-bond acceptors (Lipinski definition) is 2. The Morgan fingerprint density at radius 3 is 2.33 bits per heavy atom. The second-order valence-electron chi connectivity index (χ2n) is 5.96. The molecule has 15 heavy (non-hydrogen) atoms. The van der Waals surface area contributed by atoms with Gasteiger partial charge in [0.25, 0.3) is 0 Å². The van der Waals surface area contributed by atoms with Crippen molar-refractivity contribution in [3.05, 3.63) is 0 Å². The molecule has 2 nitrogen and oxygen atoms in total. The number of likely N-dealkylation sites (tertiary alicyclic amines) is 1. The number of hydrogen-bond donors (Lipinski definition) is 0. The second kappa shape index (κ2) is 4.02. The summed E-state index contributed by atoms with van der Waals surface area (Å²) < 4.78 is 19.2. The van der Waals surface area contributed by atoms with E-state index in [0.29, 0.717) is 12.6 Å². The van der Waals surface area contributed by atoms with E-state index in [1.165, 1.54) is 0 Å². The van der Waals surface area contributed by atoms with Crippen molar-refractivity contribution in [2.45, 2.75) is 39.4 Å². The normalized spacial score (nSPS) is 35.2. The monoisotopic (exact) mass is 215 g/mol. The van der Waals surface area contributed by atoms with Crippen molar-refractivity contribution in [2.75, 3.05) is 26.3 Å². The topological polar surface area (TPSA) is 12.5 Å². The van der Waals surface area contributed by atoms with Gasteiger partial charge in [-0.2, -0.15) is 0 Å². The summed E-state index contributed by atoms with van der Waals surface area (Å²) >= 11 is 0. The fourth-order valence-electron chi connectivity index (χ4n) is 2.67. The van der Waals surface area contributed by atoms with E-state index in [-0.39, 0.29) is 11.3 Å². The number of rotatable bonds is 1. The van der Waals surface area contributed by atoms with Gasteiger partial charge in [0.15, 0.2) is 0 Å². The summed E-state index contributed by atoms with van der Waals surface area (Å²) in [5.41, 5.74) is 0.0988. The molecule has 0 radical (unpaired) electrons. The van der Waals surface area contributed by atoms with Crippen LogP contribution in [0.2, 0.25) is 0 Å². The van der Waals surface area contributed by atoms with Crippen LogP contribution in [0.4, 0.5) is 4.39 Å². The largest absolute Gasteiger partial charge is 0.378 e. The van der Waals surface area contributed by atoms with Gasteiger partial charge in [-0.1, -0.05) is 20.8 Å². The maximum absolute atomic E-state index is 14.0. The van der Waals surface area contributed by atoms with Crippen LogP contribution >= 0.6 is 0 Å². The van der Waals surface area contributed by atoms with Gasteiger partial charge in [-0.05, 0) is 24.3 Å². The van der Waals surface area contributed by atoms with E-state index in [2.05, 4.69) is 25.7 Å². The van der Waals surface area contributed by atoms with Crippen molar-refractivity contribution < 1.29 is 9.13 Å². The summed E-state index contributed by atoms with van der Waals surface area (Å²) in [5, 5.41) is 0. The summed E-state index contributed by atoms with van der Waals surface area (Å²) in [5.74, 6) is 0.217. The van der Waals surface area contributed by atoms with Gasteiger partial charge in [0.1, 0.15) is 6.17 Å². The van der Waals surface area contributed by atoms with Gasteiger partial charge in [0.2, 0.25) is 0 Å². The fraction of sp³-hybridized carbons (Fsp3) is 1.00. The van der Waals surface area contributed by atoms with E-state index >= 15 is 0 Å². The highest BCUT2D eigenvalue weighted by atomic mass is 19.1.